The zero-order valence-electron chi connectivity index (χ0n) is 17.1. The number of allylic oxidation sites excluding steroid dienone is 1. The minimum atomic E-state index is -0.794. The molecule has 0 saturated heterocycles. The topological polar surface area (TPSA) is 92.3 Å². The number of methoxy groups -OCH3 is 2. The number of hydrogen-bond acceptors (Lipinski definition) is 7. The van der Waals surface area contributed by atoms with E-state index < -0.39 is 18.1 Å². The van der Waals surface area contributed by atoms with E-state index >= 15 is 0 Å². The maximum absolute atomic E-state index is 12.2. The Labute approximate surface area is 167 Å². The summed E-state index contributed by atoms with van der Waals surface area (Å²) in [5, 5.41) is 3.00. The zero-order valence-corrected chi connectivity index (χ0v) is 17.1. The van der Waals surface area contributed by atoms with E-state index in [9.17, 15) is 9.59 Å². The number of ether oxygens (including phenoxy) is 5. The standard InChI is InChI=1S/C20H33NO7/c1-5-15-27-18(23)21-20(13-9-7-8-12-17(22)24-3)14-10-11-16(20)28-19(25-4)26-6-2/h5,8,12,16,19H,1,6-7,9-11,13-15H2,2-4H3,(H,21,23)/b12-8+/t16-,19?,20+/m0/s1. The second-order valence-electron chi connectivity index (χ2n) is 6.48. The predicted octanol–water partition coefficient (Wildman–Crippen LogP) is 3.07. The molecule has 0 aromatic rings. The van der Waals surface area contributed by atoms with Crippen LogP contribution in [0.4, 0.5) is 4.79 Å². The number of alkyl carbamates (subject to hydrolysis) is 1. The number of carbonyl (C=O) groups is 2. The normalized spacial score (nSPS) is 22.8. The first-order valence-corrected chi connectivity index (χ1v) is 9.61. The van der Waals surface area contributed by atoms with Crippen LogP contribution in [-0.4, -0.2) is 57.6 Å². The molecule has 0 radical (unpaired) electrons. The summed E-state index contributed by atoms with van der Waals surface area (Å²) in [5.41, 5.74) is -0.592. The molecule has 160 valence electrons. The Bertz CT molecular complexity index is 523. The van der Waals surface area contributed by atoms with Crippen LogP contribution in [0.5, 0.6) is 0 Å². The summed E-state index contributed by atoms with van der Waals surface area (Å²) < 4.78 is 26.4. The molecule has 1 aliphatic rings. The van der Waals surface area contributed by atoms with Gasteiger partial charge in [-0.15, -0.1) is 0 Å². The highest BCUT2D eigenvalue weighted by atomic mass is 16.8. The van der Waals surface area contributed by atoms with E-state index in [1.54, 1.807) is 6.08 Å². The monoisotopic (exact) mass is 399 g/mol. The first-order valence-electron chi connectivity index (χ1n) is 9.61. The third-order valence-electron chi connectivity index (χ3n) is 4.61. The van der Waals surface area contributed by atoms with Gasteiger partial charge < -0.3 is 29.0 Å². The van der Waals surface area contributed by atoms with Crippen molar-refractivity contribution in [2.75, 3.05) is 27.4 Å². The molecule has 28 heavy (non-hydrogen) atoms. The van der Waals surface area contributed by atoms with Gasteiger partial charge in [0, 0.05) is 19.8 Å². The van der Waals surface area contributed by atoms with Crippen molar-refractivity contribution in [1.82, 2.24) is 5.32 Å². The number of rotatable bonds is 13. The summed E-state index contributed by atoms with van der Waals surface area (Å²) in [6.07, 6.45) is 8.40. The van der Waals surface area contributed by atoms with Crippen molar-refractivity contribution in [2.24, 2.45) is 0 Å². The quantitative estimate of drug-likeness (QED) is 0.167. The van der Waals surface area contributed by atoms with Crippen molar-refractivity contribution in [2.45, 2.75) is 63.6 Å². The number of hydrogen-bond donors (Lipinski definition) is 1. The highest BCUT2D eigenvalue weighted by Crippen LogP contribution is 2.37. The van der Waals surface area contributed by atoms with E-state index in [2.05, 4.69) is 16.6 Å². The van der Waals surface area contributed by atoms with Gasteiger partial charge in [-0.2, -0.15) is 0 Å². The SMILES string of the molecule is C=CCOC(=O)N[C@]1(CCC/C=C/C(=O)OC)CCC[C@@H]1OC(OC)OCC. The van der Waals surface area contributed by atoms with Crippen LogP contribution in [-0.2, 0) is 28.5 Å². The van der Waals surface area contributed by atoms with Gasteiger partial charge in [-0.25, -0.2) is 9.59 Å². The predicted molar refractivity (Wildman–Crippen MR) is 104 cm³/mol. The minimum absolute atomic E-state index is 0.134. The lowest BCUT2D eigenvalue weighted by atomic mass is 9.88. The third kappa shape index (κ3) is 8.00. The van der Waals surface area contributed by atoms with Crippen molar-refractivity contribution in [3.63, 3.8) is 0 Å². The van der Waals surface area contributed by atoms with Crippen LogP contribution in [0.25, 0.3) is 0 Å². The molecule has 1 unspecified atom stereocenters. The fourth-order valence-electron chi connectivity index (χ4n) is 3.32. The van der Waals surface area contributed by atoms with E-state index in [0.717, 1.165) is 25.7 Å². The Morgan fingerprint density at radius 1 is 1.36 bits per heavy atom. The van der Waals surface area contributed by atoms with Crippen LogP contribution < -0.4 is 5.32 Å². The molecule has 1 saturated carbocycles. The summed E-state index contributed by atoms with van der Waals surface area (Å²) in [6, 6.07) is 0. The lowest BCUT2D eigenvalue weighted by Gasteiger charge is -2.37. The minimum Gasteiger partial charge on any atom is -0.466 e. The van der Waals surface area contributed by atoms with Crippen LogP contribution in [0.1, 0.15) is 45.4 Å². The van der Waals surface area contributed by atoms with Gasteiger partial charge in [-0.05, 0) is 45.4 Å². The molecular formula is C20H33NO7. The number of amides is 1. The summed E-state index contributed by atoms with van der Waals surface area (Å²) >= 11 is 0. The molecule has 1 amide bonds. The lowest BCUT2D eigenvalue weighted by Crippen LogP contribution is -2.55. The highest BCUT2D eigenvalue weighted by Gasteiger charge is 2.46. The second kappa shape index (κ2) is 13.3. The molecule has 0 aliphatic heterocycles. The van der Waals surface area contributed by atoms with Gasteiger partial charge in [0.15, 0.2) is 0 Å². The summed E-state index contributed by atoms with van der Waals surface area (Å²) in [6.45, 7) is 5.20. The van der Waals surface area contributed by atoms with E-state index in [0.29, 0.717) is 19.4 Å². The van der Waals surface area contributed by atoms with Crippen LogP contribution in [0.2, 0.25) is 0 Å². The van der Waals surface area contributed by atoms with Crippen LogP contribution >= 0.6 is 0 Å². The fourth-order valence-corrected chi connectivity index (χ4v) is 3.32. The van der Waals surface area contributed by atoms with Crippen molar-refractivity contribution in [3.05, 3.63) is 24.8 Å². The van der Waals surface area contributed by atoms with Gasteiger partial charge in [0.25, 0.3) is 6.48 Å². The van der Waals surface area contributed by atoms with E-state index in [1.165, 1.54) is 26.4 Å². The third-order valence-corrected chi connectivity index (χ3v) is 4.61. The molecule has 8 heteroatoms. The molecule has 1 fully saturated rings. The molecule has 1 aliphatic carbocycles. The van der Waals surface area contributed by atoms with E-state index in [1.807, 2.05) is 6.92 Å². The van der Waals surface area contributed by atoms with E-state index in [4.69, 9.17) is 18.9 Å². The van der Waals surface area contributed by atoms with Crippen LogP contribution in [0, 0.1) is 0 Å². The molecule has 0 spiro atoms. The van der Waals surface area contributed by atoms with Gasteiger partial charge in [0.1, 0.15) is 6.61 Å². The number of carbonyl (C=O) groups excluding carboxylic acids is 2. The molecule has 1 N–H and O–H groups in total. The molecule has 1 rings (SSSR count). The van der Waals surface area contributed by atoms with Gasteiger partial charge in [0.2, 0.25) is 0 Å². The molecule has 0 aromatic carbocycles. The maximum atomic E-state index is 12.2. The average molecular weight is 399 g/mol. The number of esters is 1. The van der Waals surface area contributed by atoms with Crippen molar-refractivity contribution in [3.8, 4) is 0 Å². The fraction of sp³-hybridized carbons (Fsp3) is 0.700. The van der Waals surface area contributed by atoms with Gasteiger partial charge in [-0.3, -0.25) is 0 Å². The second-order valence-corrected chi connectivity index (χ2v) is 6.48. The zero-order chi connectivity index (χ0) is 20.8. The Hall–Kier alpha value is -1.90. The van der Waals surface area contributed by atoms with E-state index in [-0.39, 0.29) is 18.7 Å². The molecular weight excluding hydrogens is 366 g/mol. The average Bonchev–Trinajstić information content (AvgIpc) is 3.07. The van der Waals surface area contributed by atoms with Gasteiger partial charge >= 0.3 is 12.1 Å². The summed E-state index contributed by atoms with van der Waals surface area (Å²) in [5.74, 6) is -0.387. The Kier molecular flexibility index (Phi) is 11.5. The van der Waals surface area contributed by atoms with Crippen molar-refractivity contribution < 1.29 is 33.3 Å². The molecule has 0 bridgehead atoms. The maximum Gasteiger partial charge on any atom is 0.407 e. The molecule has 8 nitrogen and oxygen atoms in total. The van der Waals surface area contributed by atoms with Crippen LogP contribution in [0.3, 0.4) is 0 Å². The summed E-state index contributed by atoms with van der Waals surface area (Å²) in [7, 11) is 2.85. The number of unbranched alkanes of at least 4 members (excludes halogenated alkanes) is 1. The van der Waals surface area contributed by atoms with Crippen molar-refractivity contribution in [1.29, 1.82) is 0 Å². The first kappa shape index (κ1) is 24.1. The molecule has 0 heterocycles. The Morgan fingerprint density at radius 2 is 2.14 bits per heavy atom. The largest absolute Gasteiger partial charge is 0.466 e. The van der Waals surface area contributed by atoms with Gasteiger partial charge in [-0.1, -0.05) is 18.7 Å². The van der Waals surface area contributed by atoms with Gasteiger partial charge in [0.05, 0.1) is 18.8 Å². The summed E-state index contributed by atoms with van der Waals surface area (Å²) in [4.78, 5) is 23.4. The van der Waals surface area contributed by atoms with Crippen LogP contribution in [0.15, 0.2) is 24.8 Å². The molecule has 0 aromatic heterocycles. The smallest absolute Gasteiger partial charge is 0.407 e. The molecule has 3 atom stereocenters. The number of nitrogens with one attached hydrogen (secondary N) is 1. The first-order chi connectivity index (χ1) is 13.5. The highest BCUT2D eigenvalue weighted by molar-refractivity contribution is 5.81. The Morgan fingerprint density at radius 3 is 2.79 bits per heavy atom. The Balaban J connectivity index is 2.80. The van der Waals surface area contributed by atoms with Crippen molar-refractivity contribution >= 4 is 12.1 Å². The lowest BCUT2D eigenvalue weighted by molar-refractivity contribution is -0.299.